The summed E-state index contributed by atoms with van der Waals surface area (Å²) in [6.07, 6.45) is 0. The van der Waals surface area contributed by atoms with E-state index < -0.39 is 10.0 Å². The molecule has 0 aromatic heterocycles. The molecule has 2 aromatic rings. The summed E-state index contributed by atoms with van der Waals surface area (Å²) in [5.74, 6) is 1.68. The second kappa shape index (κ2) is 7.96. The van der Waals surface area contributed by atoms with Crippen molar-refractivity contribution in [2.45, 2.75) is 4.90 Å². The Morgan fingerprint density at radius 2 is 1.61 bits per heavy atom. The molecule has 0 unspecified atom stereocenters. The quantitative estimate of drug-likeness (QED) is 0.749. The Bertz CT molecular complexity index is 728. The number of hydrogen-bond acceptors (Lipinski definition) is 5. The molecule has 124 valence electrons. The molecule has 0 bridgehead atoms. The van der Waals surface area contributed by atoms with Gasteiger partial charge in [0.2, 0.25) is 10.0 Å². The predicted octanol–water partition coefficient (Wildman–Crippen LogP) is 2.41. The highest BCUT2D eigenvalue weighted by Crippen LogP contribution is 2.31. The molecule has 6 nitrogen and oxygen atoms in total. The Morgan fingerprint density at radius 1 is 0.957 bits per heavy atom. The van der Waals surface area contributed by atoms with Crippen LogP contribution in [0.25, 0.3) is 0 Å². The van der Waals surface area contributed by atoms with E-state index in [0.29, 0.717) is 23.9 Å². The van der Waals surface area contributed by atoms with E-state index in [-0.39, 0.29) is 11.4 Å². The molecule has 0 fully saturated rings. The average Bonchev–Trinajstić information content (AvgIpc) is 2.56. The standard InChI is InChI=1S/C16H19NO5S/c1-20-12-11-17-23(18,19)14-9-7-13(8-10-14)22-16-6-4-3-5-15(16)21-2/h3-10,17H,11-12H2,1-2H3. The number of ether oxygens (including phenoxy) is 3. The van der Waals surface area contributed by atoms with Crippen molar-refractivity contribution in [1.82, 2.24) is 4.72 Å². The Hall–Kier alpha value is -2.09. The Kier molecular flexibility index (Phi) is 5.97. The molecule has 0 aliphatic rings. The number of rotatable bonds is 8. The number of hydrogen-bond donors (Lipinski definition) is 1. The lowest BCUT2D eigenvalue weighted by atomic mass is 10.3. The lowest BCUT2D eigenvalue weighted by molar-refractivity contribution is 0.204. The number of benzene rings is 2. The third kappa shape index (κ3) is 4.69. The average molecular weight is 337 g/mol. The summed E-state index contributed by atoms with van der Waals surface area (Å²) in [6.45, 7) is 0.534. The summed E-state index contributed by atoms with van der Waals surface area (Å²) in [6, 6.07) is 13.4. The molecule has 0 aliphatic carbocycles. The van der Waals surface area contributed by atoms with Gasteiger partial charge in [-0.3, -0.25) is 0 Å². The van der Waals surface area contributed by atoms with Gasteiger partial charge in [-0.05, 0) is 36.4 Å². The van der Waals surface area contributed by atoms with Gasteiger partial charge in [0.25, 0.3) is 0 Å². The minimum absolute atomic E-state index is 0.168. The van der Waals surface area contributed by atoms with Gasteiger partial charge >= 0.3 is 0 Å². The van der Waals surface area contributed by atoms with Gasteiger partial charge < -0.3 is 14.2 Å². The van der Waals surface area contributed by atoms with Gasteiger partial charge in [0.05, 0.1) is 18.6 Å². The third-order valence-corrected chi connectivity index (χ3v) is 4.51. The fourth-order valence-electron chi connectivity index (χ4n) is 1.88. The van der Waals surface area contributed by atoms with Crippen molar-refractivity contribution >= 4 is 10.0 Å². The normalized spacial score (nSPS) is 11.2. The van der Waals surface area contributed by atoms with Crippen molar-refractivity contribution in [2.75, 3.05) is 27.4 Å². The molecule has 23 heavy (non-hydrogen) atoms. The fourth-order valence-corrected chi connectivity index (χ4v) is 2.89. The largest absolute Gasteiger partial charge is 0.493 e. The van der Waals surface area contributed by atoms with Gasteiger partial charge in [-0.25, -0.2) is 13.1 Å². The van der Waals surface area contributed by atoms with E-state index in [2.05, 4.69) is 4.72 Å². The molecule has 1 N–H and O–H groups in total. The summed E-state index contributed by atoms with van der Waals surface area (Å²) in [7, 11) is -0.474. The molecular weight excluding hydrogens is 318 g/mol. The summed E-state index contributed by atoms with van der Waals surface area (Å²) in [4.78, 5) is 0.168. The molecule has 0 amide bonds. The smallest absolute Gasteiger partial charge is 0.240 e. The van der Waals surface area contributed by atoms with Crippen molar-refractivity contribution in [3.8, 4) is 17.2 Å². The van der Waals surface area contributed by atoms with Crippen LogP contribution in [0.3, 0.4) is 0 Å². The van der Waals surface area contributed by atoms with Gasteiger partial charge in [-0.15, -0.1) is 0 Å². The van der Waals surface area contributed by atoms with Crippen LogP contribution < -0.4 is 14.2 Å². The predicted molar refractivity (Wildman–Crippen MR) is 86.6 cm³/mol. The number of methoxy groups -OCH3 is 2. The highest BCUT2D eigenvalue weighted by Gasteiger charge is 2.13. The first kappa shape index (κ1) is 17.3. The van der Waals surface area contributed by atoms with Gasteiger partial charge in [0.1, 0.15) is 5.75 Å². The van der Waals surface area contributed by atoms with E-state index in [0.717, 1.165) is 0 Å². The molecule has 0 atom stereocenters. The minimum Gasteiger partial charge on any atom is -0.493 e. The first-order chi connectivity index (χ1) is 11.1. The van der Waals surface area contributed by atoms with Crippen molar-refractivity contribution in [3.05, 3.63) is 48.5 Å². The number of para-hydroxylation sites is 2. The summed E-state index contributed by atoms with van der Waals surface area (Å²) < 4.78 is 42.3. The fraction of sp³-hybridized carbons (Fsp3) is 0.250. The van der Waals surface area contributed by atoms with Crippen LogP contribution in [-0.2, 0) is 14.8 Å². The summed E-state index contributed by atoms with van der Waals surface area (Å²) in [5.41, 5.74) is 0. The van der Waals surface area contributed by atoms with Crippen LogP contribution in [0, 0.1) is 0 Å². The third-order valence-electron chi connectivity index (χ3n) is 3.03. The lowest BCUT2D eigenvalue weighted by Gasteiger charge is -2.11. The summed E-state index contributed by atoms with van der Waals surface area (Å²) >= 11 is 0. The van der Waals surface area contributed by atoms with Crippen molar-refractivity contribution in [3.63, 3.8) is 0 Å². The van der Waals surface area contributed by atoms with E-state index in [9.17, 15) is 8.42 Å². The zero-order valence-electron chi connectivity index (χ0n) is 13.0. The van der Waals surface area contributed by atoms with E-state index in [1.807, 2.05) is 12.1 Å². The minimum atomic E-state index is -3.55. The molecule has 0 aliphatic heterocycles. The lowest BCUT2D eigenvalue weighted by Crippen LogP contribution is -2.27. The van der Waals surface area contributed by atoms with E-state index in [1.165, 1.54) is 19.2 Å². The monoisotopic (exact) mass is 337 g/mol. The second-order valence-corrected chi connectivity index (χ2v) is 6.38. The maximum atomic E-state index is 12.0. The molecule has 2 aromatic carbocycles. The van der Waals surface area contributed by atoms with Crippen LogP contribution in [0.4, 0.5) is 0 Å². The number of nitrogens with one attached hydrogen (secondary N) is 1. The molecule has 0 spiro atoms. The molecule has 0 radical (unpaired) electrons. The Balaban J connectivity index is 2.10. The molecule has 0 saturated heterocycles. The maximum Gasteiger partial charge on any atom is 0.240 e. The van der Waals surface area contributed by atoms with Crippen LogP contribution >= 0.6 is 0 Å². The highest BCUT2D eigenvalue weighted by molar-refractivity contribution is 7.89. The Labute approximate surface area is 136 Å². The molecule has 0 heterocycles. The van der Waals surface area contributed by atoms with Gasteiger partial charge in [-0.1, -0.05) is 12.1 Å². The van der Waals surface area contributed by atoms with Crippen LogP contribution in [0.2, 0.25) is 0 Å². The summed E-state index contributed by atoms with van der Waals surface area (Å²) in [5, 5.41) is 0. The first-order valence-electron chi connectivity index (χ1n) is 6.96. The Morgan fingerprint density at radius 3 is 2.22 bits per heavy atom. The van der Waals surface area contributed by atoms with E-state index >= 15 is 0 Å². The number of sulfonamides is 1. The molecule has 7 heteroatoms. The van der Waals surface area contributed by atoms with Crippen LogP contribution in [0.1, 0.15) is 0 Å². The maximum absolute atomic E-state index is 12.0. The first-order valence-corrected chi connectivity index (χ1v) is 8.44. The van der Waals surface area contributed by atoms with Crippen molar-refractivity contribution in [2.24, 2.45) is 0 Å². The second-order valence-electron chi connectivity index (χ2n) is 4.61. The zero-order valence-corrected chi connectivity index (χ0v) is 13.8. The van der Waals surface area contributed by atoms with Crippen LogP contribution in [0.15, 0.2) is 53.4 Å². The van der Waals surface area contributed by atoms with Gasteiger partial charge in [0.15, 0.2) is 11.5 Å². The molecule has 2 rings (SSSR count). The highest BCUT2D eigenvalue weighted by atomic mass is 32.2. The van der Waals surface area contributed by atoms with Crippen molar-refractivity contribution in [1.29, 1.82) is 0 Å². The zero-order chi connectivity index (χ0) is 16.7. The molecular formula is C16H19NO5S. The SMILES string of the molecule is COCCNS(=O)(=O)c1ccc(Oc2ccccc2OC)cc1. The van der Waals surface area contributed by atoms with E-state index in [1.54, 1.807) is 31.4 Å². The van der Waals surface area contributed by atoms with E-state index in [4.69, 9.17) is 14.2 Å². The van der Waals surface area contributed by atoms with Crippen molar-refractivity contribution < 1.29 is 22.6 Å². The van der Waals surface area contributed by atoms with Crippen LogP contribution in [-0.4, -0.2) is 35.8 Å². The van der Waals surface area contributed by atoms with Gasteiger partial charge in [0, 0.05) is 13.7 Å². The van der Waals surface area contributed by atoms with Gasteiger partial charge in [-0.2, -0.15) is 0 Å². The molecule has 0 saturated carbocycles. The van der Waals surface area contributed by atoms with Crippen LogP contribution in [0.5, 0.6) is 17.2 Å². The topological polar surface area (TPSA) is 73.9 Å².